The van der Waals surface area contributed by atoms with E-state index >= 15 is 0 Å². The number of piperidine rings is 1. The molecule has 1 saturated carbocycles. The fourth-order valence-corrected chi connectivity index (χ4v) is 5.12. The van der Waals surface area contributed by atoms with Crippen LogP contribution in [-0.4, -0.2) is 37.1 Å². The Hall–Kier alpha value is -3.57. The van der Waals surface area contributed by atoms with Crippen LogP contribution in [0.5, 0.6) is 0 Å². The van der Waals surface area contributed by atoms with Gasteiger partial charge in [0, 0.05) is 30.6 Å². The lowest BCUT2D eigenvalue weighted by molar-refractivity contribution is -0.137. The number of nitrogens with zero attached hydrogens (tertiary/aromatic N) is 5. The number of aromatic nitrogens is 4. The second kappa shape index (κ2) is 7.74. The molecule has 8 nitrogen and oxygen atoms in total. The van der Waals surface area contributed by atoms with Crippen molar-refractivity contribution < 1.29 is 26.8 Å². The van der Waals surface area contributed by atoms with Crippen LogP contribution in [0.15, 0.2) is 35.0 Å². The summed E-state index contributed by atoms with van der Waals surface area (Å²) in [6, 6.07) is 2.61. The number of amides is 2. The van der Waals surface area contributed by atoms with E-state index in [0.29, 0.717) is 30.5 Å². The van der Waals surface area contributed by atoms with Gasteiger partial charge in [-0.1, -0.05) is 6.92 Å². The van der Waals surface area contributed by atoms with Crippen LogP contribution in [0.1, 0.15) is 43.5 Å². The zero-order chi connectivity index (χ0) is 24.3. The van der Waals surface area contributed by atoms with Crippen LogP contribution in [0.4, 0.5) is 28.0 Å². The molecule has 2 aliphatic rings. The van der Waals surface area contributed by atoms with Gasteiger partial charge in [0.25, 0.3) is 0 Å². The van der Waals surface area contributed by atoms with E-state index in [1.54, 1.807) is 11.8 Å². The van der Waals surface area contributed by atoms with E-state index in [4.69, 9.17) is 4.42 Å². The van der Waals surface area contributed by atoms with E-state index in [0.717, 1.165) is 37.0 Å². The highest BCUT2D eigenvalue weighted by Gasteiger charge is 2.62. The van der Waals surface area contributed by atoms with Gasteiger partial charge in [-0.15, -0.1) is 10.2 Å². The summed E-state index contributed by atoms with van der Waals surface area (Å²) in [5.41, 5.74) is -1.99. The molecular formula is C22H20F4N6O2. The van der Waals surface area contributed by atoms with E-state index < -0.39 is 29.1 Å². The van der Waals surface area contributed by atoms with Gasteiger partial charge < -0.3 is 14.6 Å². The number of carbonyl (C=O) groups is 1. The Labute approximate surface area is 191 Å². The largest absolute Gasteiger partial charge is 0.423 e. The van der Waals surface area contributed by atoms with Crippen LogP contribution in [0.2, 0.25) is 0 Å². The van der Waals surface area contributed by atoms with Crippen molar-refractivity contribution in [1.29, 1.82) is 0 Å². The van der Waals surface area contributed by atoms with Crippen LogP contribution in [0.25, 0.3) is 11.4 Å². The predicted octanol–water partition coefficient (Wildman–Crippen LogP) is 4.92. The van der Waals surface area contributed by atoms with Crippen molar-refractivity contribution >= 4 is 11.7 Å². The van der Waals surface area contributed by atoms with Crippen LogP contribution in [0.3, 0.4) is 0 Å². The molecule has 0 spiro atoms. The average molecular weight is 476 g/mol. The lowest BCUT2D eigenvalue weighted by atomic mass is 9.64. The summed E-state index contributed by atoms with van der Waals surface area (Å²) in [4.78, 5) is 22.3. The van der Waals surface area contributed by atoms with Gasteiger partial charge in [0.2, 0.25) is 11.8 Å². The molecule has 1 unspecified atom stereocenters. The molecule has 1 aliphatic heterocycles. The summed E-state index contributed by atoms with van der Waals surface area (Å²) in [7, 11) is 0. The number of alkyl halides is 3. The van der Waals surface area contributed by atoms with Crippen molar-refractivity contribution in [3.05, 3.63) is 53.8 Å². The first kappa shape index (κ1) is 22.2. The lowest BCUT2D eigenvalue weighted by Gasteiger charge is -2.61. The number of nitrogens with one attached hydrogen (secondary N) is 1. The third-order valence-corrected chi connectivity index (χ3v) is 6.34. The summed E-state index contributed by atoms with van der Waals surface area (Å²) in [5, 5.41) is 10.7. The maximum atomic E-state index is 13.6. The molecule has 1 saturated heterocycles. The first-order valence-electron chi connectivity index (χ1n) is 10.7. The van der Waals surface area contributed by atoms with E-state index in [1.165, 1.54) is 0 Å². The first-order chi connectivity index (χ1) is 16.1. The van der Waals surface area contributed by atoms with Crippen molar-refractivity contribution in [3.8, 4) is 11.4 Å². The Morgan fingerprint density at radius 3 is 2.59 bits per heavy atom. The molecule has 1 N–H and O–H groups in total. The topological polar surface area (TPSA) is 97.0 Å². The van der Waals surface area contributed by atoms with Crippen LogP contribution in [-0.2, 0) is 11.7 Å². The Kier molecular flexibility index (Phi) is 5.06. The lowest BCUT2D eigenvalue weighted by Crippen LogP contribution is -2.70. The van der Waals surface area contributed by atoms with Crippen molar-refractivity contribution in [2.45, 2.75) is 50.9 Å². The number of likely N-dealkylation sites (tertiary alicyclic amines) is 1. The number of hydrogen-bond donors (Lipinski definition) is 1. The summed E-state index contributed by atoms with van der Waals surface area (Å²) in [6.07, 6.45) is -1.02. The van der Waals surface area contributed by atoms with Gasteiger partial charge in [-0.05, 0) is 37.0 Å². The second-order valence-electron chi connectivity index (χ2n) is 8.84. The van der Waals surface area contributed by atoms with E-state index in [2.05, 4.69) is 32.4 Å². The molecule has 12 heteroatoms. The highest BCUT2D eigenvalue weighted by Crippen LogP contribution is 2.55. The number of carbonyl (C=O) groups excluding carboxylic acids is 1. The number of aryl methyl sites for hydroxylation is 1. The zero-order valence-electron chi connectivity index (χ0n) is 18.2. The molecule has 2 bridgehead atoms. The highest BCUT2D eigenvalue weighted by atomic mass is 19.4. The highest BCUT2D eigenvalue weighted by molar-refractivity contribution is 5.92. The molecule has 3 heterocycles. The van der Waals surface area contributed by atoms with Crippen molar-refractivity contribution in [2.24, 2.45) is 5.92 Å². The number of benzene rings is 1. The third kappa shape index (κ3) is 3.66. The number of urea groups is 1. The molecule has 3 aromatic rings. The molecule has 3 atom stereocenters. The maximum absolute atomic E-state index is 13.6. The third-order valence-electron chi connectivity index (χ3n) is 6.34. The number of hydrogen-bond acceptors (Lipinski definition) is 6. The fourth-order valence-electron chi connectivity index (χ4n) is 5.12. The summed E-state index contributed by atoms with van der Waals surface area (Å²) in [5.74, 6) is -0.00341. The minimum absolute atomic E-state index is 0.0506. The second-order valence-corrected chi connectivity index (χ2v) is 8.84. The minimum Gasteiger partial charge on any atom is -0.423 e. The van der Waals surface area contributed by atoms with Crippen molar-refractivity contribution in [3.63, 3.8) is 0 Å². The predicted molar refractivity (Wildman–Crippen MR) is 111 cm³/mol. The quantitative estimate of drug-likeness (QED) is 0.539. The summed E-state index contributed by atoms with van der Waals surface area (Å²) in [6.45, 7) is 3.76. The van der Waals surface area contributed by atoms with Gasteiger partial charge in [0.1, 0.15) is 5.54 Å². The van der Waals surface area contributed by atoms with Crippen LogP contribution in [0, 0.1) is 18.7 Å². The molecule has 2 fully saturated rings. The molecule has 178 valence electrons. The minimum atomic E-state index is -4.69. The maximum Gasteiger partial charge on any atom is 0.417 e. The van der Waals surface area contributed by atoms with Gasteiger partial charge in [-0.25, -0.2) is 19.2 Å². The SMILES string of the molecule is Cc1nnc(C23C[C@H](C)C[C@H](C2)N3C(=O)Nc2ccc(C(F)(F)F)c(-c3ncc(F)cn3)c2)o1. The van der Waals surface area contributed by atoms with Gasteiger partial charge >= 0.3 is 12.2 Å². The van der Waals surface area contributed by atoms with E-state index in [-0.39, 0.29) is 23.1 Å². The van der Waals surface area contributed by atoms with Gasteiger partial charge in [0.05, 0.1) is 18.0 Å². The van der Waals surface area contributed by atoms with E-state index in [1.807, 2.05) is 0 Å². The Balaban J connectivity index is 1.47. The molecule has 5 rings (SSSR count). The molecule has 2 amide bonds. The van der Waals surface area contributed by atoms with Crippen LogP contribution >= 0.6 is 0 Å². The van der Waals surface area contributed by atoms with Gasteiger partial charge in [-0.3, -0.25) is 0 Å². The summed E-state index contributed by atoms with van der Waals surface area (Å²) < 4.78 is 59.6. The Morgan fingerprint density at radius 2 is 1.94 bits per heavy atom. The standard InChI is InChI=1S/C22H20F4N6O2/c1-11-5-15-8-21(7-11,19-31-30-12(2)34-19)32(15)20(33)29-14-3-4-17(22(24,25)26)16(6-14)18-27-9-13(23)10-28-18/h3-4,6,9-11,15H,5,7-8H2,1-2H3,(H,29,33)/t11-,15-,21?/m1/s1. The fraction of sp³-hybridized carbons (Fsp3) is 0.409. The number of halogens is 4. The zero-order valence-corrected chi connectivity index (χ0v) is 18.2. The smallest absolute Gasteiger partial charge is 0.417 e. The Morgan fingerprint density at radius 1 is 1.21 bits per heavy atom. The van der Waals surface area contributed by atoms with Gasteiger partial charge in [0.15, 0.2) is 11.6 Å². The average Bonchev–Trinajstić information content (AvgIpc) is 3.19. The Bertz CT molecular complexity index is 1240. The van der Waals surface area contributed by atoms with Crippen LogP contribution < -0.4 is 5.32 Å². The number of anilines is 1. The van der Waals surface area contributed by atoms with Crippen molar-refractivity contribution in [2.75, 3.05) is 5.32 Å². The van der Waals surface area contributed by atoms with Gasteiger partial charge in [-0.2, -0.15) is 13.2 Å². The van der Waals surface area contributed by atoms with E-state index in [9.17, 15) is 22.4 Å². The molecular weight excluding hydrogens is 456 g/mol. The summed E-state index contributed by atoms with van der Waals surface area (Å²) >= 11 is 0. The first-order valence-corrected chi connectivity index (χ1v) is 10.7. The monoisotopic (exact) mass is 476 g/mol. The normalized spacial score (nSPS) is 24.0. The molecule has 34 heavy (non-hydrogen) atoms. The molecule has 1 aromatic carbocycles. The number of fused-ring (bicyclic) bond motifs is 2. The molecule has 2 aromatic heterocycles. The van der Waals surface area contributed by atoms with Crippen molar-refractivity contribution in [1.82, 2.24) is 25.1 Å². The number of rotatable bonds is 3. The molecule has 1 aliphatic carbocycles. The molecule has 0 radical (unpaired) electrons.